The first-order chi connectivity index (χ1) is 18.0. The SMILES string of the molecule is CNC(=O)c1c(-c2ccc(C)cc2)oc2nc(N(CCC[C@@H]3CCCS3(=O)=O)S(C)(=O)=O)c(C3CC3)cc12. The molecule has 0 spiro atoms. The van der Waals surface area contributed by atoms with Crippen LogP contribution in [0.1, 0.15) is 65.9 Å². The topological polar surface area (TPSA) is 127 Å². The summed E-state index contributed by atoms with van der Waals surface area (Å²) in [7, 11) is -5.27. The molecule has 3 heterocycles. The van der Waals surface area contributed by atoms with Gasteiger partial charge < -0.3 is 9.73 Å². The molecule has 0 radical (unpaired) electrons. The van der Waals surface area contributed by atoms with Crippen LogP contribution in [-0.4, -0.2) is 58.6 Å². The number of pyridine rings is 1. The van der Waals surface area contributed by atoms with Gasteiger partial charge in [0, 0.05) is 19.2 Å². The van der Waals surface area contributed by atoms with E-state index in [1.165, 1.54) is 4.31 Å². The fraction of sp³-hybridized carbons (Fsp3) is 0.481. The van der Waals surface area contributed by atoms with E-state index in [4.69, 9.17) is 9.40 Å². The number of anilines is 1. The van der Waals surface area contributed by atoms with Crippen molar-refractivity contribution < 1.29 is 26.0 Å². The maximum atomic E-state index is 13.0. The van der Waals surface area contributed by atoms with E-state index in [1.807, 2.05) is 37.3 Å². The quantitative estimate of drug-likeness (QED) is 0.417. The summed E-state index contributed by atoms with van der Waals surface area (Å²) in [4.78, 5) is 17.7. The van der Waals surface area contributed by atoms with Gasteiger partial charge in [-0.3, -0.25) is 9.10 Å². The molecule has 1 aromatic carbocycles. The molecular formula is C27H33N3O6S2. The monoisotopic (exact) mass is 559 g/mol. The molecule has 38 heavy (non-hydrogen) atoms. The number of aryl methyl sites for hydroxylation is 1. The molecule has 1 aliphatic carbocycles. The van der Waals surface area contributed by atoms with Crippen molar-refractivity contribution in [2.75, 3.05) is 29.9 Å². The van der Waals surface area contributed by atoms with Crippen LogP contribution in [0.5, 0.6) is 0 Å². The van der Waals surface area contributed by atoms with Crippen molar-refractivity contribution in [1.29, 1.82) is 0 Å². The van der Waals surface area contributed by atoms with Gasteiger partial charge in [-0.25, -0.2) is 16.8 Å². The number of hydrogen-bond acceptors (Lipinski definition) is 7. The second kappa shape index (κ2) is 10.00. The second-order valence-electron chi connectivity index (χ2n) is 10.4. The Bertz CT molecular complexity index is 1590. The van der Waals surface area contributed by atoms with Crippen LogP contribution < -0.4 is 9.62 Å². The molecule has 1 amide bonds. The van der Waals surface area contributed by atoms with Crippen LogP contribution in [0.2, 0.25) is 0 Å². The lowest BCUT2D eigenvalue weighted by atomic mass is 10.0. The Morgan fingerprint density at radius 1 is 1.18 bits per heavy atom. The second-order valence-corrected chi connectivity index (χ2v) is 14.7. The first-order valence-electron chi connectivity index (χ1n) is 13.0. The number of sulfonamides is 1. The third-order valence-electron chi connectivity index (χ3n) is 7.46. The van der Waals surface area contributed by atoms with Gasteiger partial charge in [-0.15, -0.1) is 0 Å². The number of aromatic nitrogens is 1. The summed E-state index contributed by atoms with van der Waals surface area (Å²) >= 11 is 0. The normalized spacial score (nSPS) is 19.1. The molecule has 11 heteroatoms. The minimum absolute atomic E-state index is 0.122. The number of benzene rings is 1. The average Bonchev–Trinajstić information content (AvgIpc) is 3.56. The summed E-state index contributed by atoms with van der Waals surface area (Å²) in [5.41, 5.74) is 3.10. The van der Waals surface area contributed by atoms with Crippen LogP contribution >= 0.6 is 0 Å². The highest BCUT2D eigenvalue weighted by Gasteiger charge is 2.35. The van der Waals surface area contributed by atoms with Crippen LogP contribution in [-0.2, 0) is 19.9 Å². The van der Waals surface area contributed by atoms with E-state index in [0.717, 1.165) is 35.8 Å². The largest absolute Gasteiger partial charge is 0.437 e. The molecule has 5 rings (SSSR count). The van der Waals surface area contributed by atoms with E-state index < -0.39 is 25.1 Å². The van der Waals surface area contributed by atoms with Gasteiger partial charge in [-0.2, -0.15) is 4.98 Å². The highest BCUT2D eigenvalue weighted by molar-refractivity contribution is 7.92. The first kappa shape index (κ1) is 26.7. The van der Waals surface area contributed by atoms with E-state index in [9.17, 15) is 21.6 Å². The van der Waals surface area contributed by atoms with Gasteiger partial charge in [-0.05, 0) is 63.0 Å². The summed E-state index contributed by atoms with van der Waals surface area (Å²) < 4.78 is 57.9. The summed E-state index contributed by atoms with van der Waals surface area (Å²) in [6.07, 6.45) is 5.02. The molecule has 3 aromatic rings. The van der Waals surface area contributed by atoms with Crippen LogP contribution in [0.25, 0.3) is 22.4 Å². The summed E-state index contributed by atoms with van der Waals surface area (Å²) in [6.45, 7) is 2.09. The molecule has 1 N–H and O–H groups in total. The third kappa shape index (κ3) is 5.18. The lowest BCUT2D eigenvalue weighted by Crippen LogP contribution is -2.33. The predicted octanol–water partition coefficient (Wildman–Crippen LogP) is 4.16. The molecule has 204 valence electrons. The average molecular weight is 560 g/mol. The van der Waals surface area contributed by atoms with E-state index in [2.05, 4.69) is 5.32 Å². The maximum Gasteiger partial charge on any atom is 0.255 e. The van der Waals surface area contributed by atoms with E-state index >= 15 is 0 Å². The lowest BCUT2D eigenvalue weighted by Gasteiger charge is -2.24. The van der Waals surface area contributed by atoms with Crippen molar-refractivity contribution in [3.63, 3.8) is 0 Å². The summed E-state index contributed by atoms with van der Waals surface area (Å²) in [5.74, 6) is 0.699. The molecule has 1 aliphatic heterocycles. The molecule has 2 fully saturated rings. The highest BCUT2D eigenvalue weighted by atomic mass is 32.2. The Hall–Kier alpha value is -2.92. The molecule has 1 saturated carbocycles. The van der Waals surface area contributed by atoms with Crippen molar-refractivity contribution in [2.24, 2.45) is 0 Å². The molecule has 2 aliphatic rings. The van der Waals surface area contributed by atoms with Crippen molar-refractivity contribution in [3.05, 3.63) is 47.0 Å². The van der Waals surface area contributed by atoms with Crippen LogP contribution in [0.15, 0.2) is 34.7 Å². The van der Waals surface area contributed by atoms with E-state index in [1.54, 1.807) is 7.05 Å². The number of nitrogens with zero attached hydrogens (tertiary/aromatic N) is 2. The number of sulfone groups is 1. The number of hydrogen-bond donors (Lipinski definition) is 1. The van der Waals surface area contributed by atoms with Crippen molar-refractivity contribution >= 4 is 42.7 Å². The van der Waals surface area contributed by atoms with E-state index in [-0.39, 0.29) is 29.8 Å². The Morgan fingerprint density at radius 2 is 1.89 bits per heavy atom. The molecule has 9 nitrogen and oxygen atoms in total. The summed E-state index contributed by atoms with van der Waals surface area (Å²) in [6, 6.07) is 9.46. The summed E-state index contributed by atoms with van der Waals surface area (Å²) in [5, 5.41) is 2.81. The first-order valence-corrected chi connectivity index (χ1v) is 16.5. The number of fused-ring (bicyclic) bond motifs is 1. The van der Waals surface area contributed by atoms with Crippen LogP contribution in [0.3, 0.4) is 0 Å². The number of amides is 1. The zero-order valence-corrected chi connectivity index (χ0v) is 23.5. The number of nitrogens with one attached hydrogen (secondary N) is 1. The Balaban J connectivity index is 1.59. The van der Waals surface area contributed by atoms with Gasteiger partial charge in [0.2, 0.25) is 15.7 Å². The van der Waals surface area contributed by atoms with Crippen molar-refractivity contribution in [2.45, 2.75) is 56.6 Å². The van der Waals surface area contributed by atoms with Crippen LogP contribution in [0.4, 0.5) is 5.82 Å². The van der Waals surface area contributed by atoms with Gasteiger partial charge in [-0.1, -0.05) is 29.8 Å². The molecule has 0 bridgehead atoms. The molecular weight excluding hydrogens is 526 g/mol. The third-order valence-corrected chi connectivity index (χ3v) is 11.0. The number of carbonyl (C=O) groups excluding carboxylic acids is 1. The van der Waals surface area contributed by atoms with Gasteiger partial charge in [0.1, 0.15) is 11.6 Å². The zero-order valence-electron chi connectivity index (χ0n) is 21.9. The van der Waals surface area contributed by atoms with Gasteiger partial charge in [0.05, 0.1) is 28.2 Å². The van der Waals surface area contributed by atoms with Crippen LogP contribution in [0, 0.1) is 6.92 Å². The van der Waals surface area contributed by atoms with Gasteiger partial charge in [0.15, 0.2) is 9.84 Å². The maximum absolute atomic E-state index is 13.0. The highest BCUT2D eigenvalue weighted by Crippen LogP contribution is 2.47. The fourth-order valence-electron chi connectivity index (χ4n) is 5.26. The lowest BCUT2D eigenvalue weighted by molar-refractivity contribution is 0.0964. The van der Waals surface area contributed by atoms with Crippen molar-refractivity contribution in [1.82, 2.24) is 10.3 Å². The van der Waals surface area contributed by atoms with E-state index in [0.29, 0.717) is 48.2 Å². The Labute approximate surface area is 223 Å². The predicted molar refractivity (Wildman–Crippen MR) is 148 cm³/mol. The Kier molecular flexibility index (Phi) is 7.02. The molecule has 1 atom stereocenters. The number of carbonyl (C=O) groups is 1. The molecule has 1 saturated heterocycles. The van der Waals surface area contributed by atoms with Gasteiger partial charge in [0.25, 0.3) is 5.91 Å². The molecule has 0 unspecified atom stereocenters. The molecule has 2 aromatic heterocycles. The van der Waals surface area contributed by atoms with Gasteiger partial charge >= 0.3 is 0 Å². The smallest absolute Gasteiger partial charge is 0.255 e. The zero-order chi connectivity index (χ0) is 27.2. The minimum atomic E-state index is -3.72. The minimum Gasteiger partial charge on any atom is -0.437 e. The number of rotatable bonds is 9. The standard InChI is InChI=1S/C27H33N3O6S2/c1-17-8-10-19(11-9-17)24-23(26(31)28-2)22-16-21(18-12-13-18)25(29-27(22)36-24)30(37(3,32)33)14-4-6-20-7-5-15-38(20,34)35/h8-11,16,18,20H,4-7,12-15H2,1-3H3,(H,28,31)/t20-/m1/s1. The Morgan fingerprint density at radius 3 is 2.47 bits per heavy atom. The number of furan rings is 1. The fourth-order valence-corrected chi connectivity index (χ4v) is 8.13. The van der Waals surface area contributed by atoms with Crippen molar-refractivity contribution in [3.8, 4) is 11.3 Å².